The van der Waals surface area contributed by atoms with Crippen molar-refractivity contribution in [2.45, 2.75) is 33.7 Å². The van der Waals surface area contributed by atoms with Gasteiger partial charge < -0.3 is 11.1 Å². The van der Waals surface area contributed by atoms with Crippen molar-refractivity contribution in [3.05, 3.63) is 11.8 Å². The third-order valence-electron chi connectivity index (χ3n) is 2.17. The van der Waals surface area contributed by atoms with Gasteiger partial charge in [0.1, 0.15) is 0 Å². The molecule has 1 heterocycles. The van der Waals surface area contributed by atoms with E-state index in [4.69, 9.17) is 5.73 Å². The van der Waals surface area contributed by atoms with E-state index in [1.165, 1.54) is 0 Å². The maximum atomic E-state index is 11.7. The minimum atomic E-state index is -0.547. The number of carbonyl (C=O) groups excluding carboxylic acids is 1. The lowest BCUT2D eigenvalue weighted by molar-refractivity contribution is -0.119. The predicted molar refractivity (Wildman–Crippen MR) is 59.4 cm³/mol. The summed E-state index contributed by atoms with van der Waals surface area (Å²) in [5.41, 5.74) is 6.44. The van der Waals surface area contributed by atoms with Gasteiger partial charge in [0.15, 0.2) is 5.82 Å². The number of aromatic nitrogens is 2. The zero-order valence-corrected chi connectivity index (χ0v) is 9.59. The van der Waals surface area contributed by atoms with Gasteiger partial charge in [0, 0.05) is 11.8 Å². The number of carbonyl (C=O) groups is 1. The lowest BCUT2D eigenvalue weighted by atomic mass is 9.87. The van der Waals surface area contributed by atoms with Crippen LogP contribution in [0.5, 0.6) is 0 Å². The summed E-state index contributed by atoms with van der Waals surface area (Å²) in [4.78, 5) is 11.7. The third kappa shape index (κ3) is 3.06. The van der Waals surface area contributed by atoms with Crippen LogP contribution in [0.3, 0.4) is 0 Å². The second-order valence-corrected chi connectivity index (χ2v) is 4.77. The monoisotopic (exact) mass is 210 g/mol. The van der Waals surface area contributed by atoms with Crippen molar-refractivity contribution < 1.29 is 4.79 Å². The summed E-state index contributed by atoms with van der Waals surface area (Å²) in [7, 11) is 0. The molecule has 0 aliphatic heterocycles. The lowest BCUT2D eigenvalue weighted by Crippen LogP contribution is -2.45. The number of nitrogens with two attached hydrogens (primary N) is 1. The van der Waals surface area contributed by atoms with E-state index in [-0.39, 0.29) is 11.3 Å². The van der Waals surface area contributed by atoms with Crippen molar-refractivity contribution in [2.75, 3.05) is 5.32 Å². The topological polar surface area (TPSA) is 83.8 Å². The predicted octanol–water partition coefficient (Wildman–Crippen LogP) is 1.03. The Morgan fingerprint density at radius 2 is 2.20 bits per heavy atom. The Bertz CT molecular complexity index is 351. The normalized spacial score (nSPS) is 13.7. The molecule has 0 fully saturated rings. The van der Waals surface area contributed by atoms with Gasteiger partial charge in [0.05, 0.1) is 6.04 Å². The summed E-state index contributed by atoms with van der Waals surface area (Å²) in [6, 6.07) is 1.21. The zero-order valence-electron chi connectivity index (χ0n) is 9.59. The molecular formula is C10H18N4O. The molecule has 0 bridgehead atoms. The smallest absolute Gasteiger partial charge is 0.243 e. The van der Waals surface area contributed by atoms with E-state index in [9.17, 15) is 4.79 Å². The summed E-state index contributed by atoms with van der Waals surface area (Å²) >= 11 is 0. The van der Waals surface area contributed by atoms with Crippen LogP contribution in [0.4, 0.5) is 5.82 Å². The number of hydrogen-bond acceptors (Lipinski definition) is 3. The van der Waals surface area contributed by atoms with Crippen molar-refractivity contribution in [3.63, 3.8) is 0 Å². The first-order valence-corrected chi connectivity index (χ1v) is 4.89. The lowest BCUT2D eigenvalue weighted by Gasteiger charge is -2.25. The molecule has 0 spiro atoms. The summed E-state index contributed by atoms with van der Waals surface area (Å²) in [6.45, 7) is 7.64. The number of aromatic amines is 1. The zero-order chi connectivity index (χ0) is 11.6. The van der Waals surface area contributed by atoms with Crippen LogP contribution in [0.1, 0.15) is 26.5 Å². The second-order valence-electron chi connectivity index (χ2n) is 4.77. The maximum absolute atomic E-state index is 11.7. The van der Waals surface area contributed by atoms with Crippen LogP contribution in [0, 0.1) is 12.3 Å². The van der Waals surface area contributed by atoms with Crippen molar-refractivity contribution in [3.8, 4) is 0 Å². The molecule has 0 saturated carbocycles. The highest BCUT2D eigenvalue weighted by molar-refractivity contribution is 5.94. The van der Waals surface area contributed by atoms with E-state index in [1.807, 2.05) is 27.7 Å². The van der Waals surface area contributed by atoms with E-state index in [0.717, 1.165) is 5.69 Å². The van der Waals surface area contributed by atoms with Gasteiger partial charge in [0.25, 0.3) is 0 Å². The number of anilines is 1. The highest BCUT2D eigenvalue weighted by atomic mass is 16.2. The molecule has 1 rings (SSSR count). The van der Waals surface area contributed by atoms with Crippen LogP contribution >= 0.6 is 0 Å². The van der Waals surface area contributed by atoms with Crippen LogP contribution in [0.15, 0.2) is 6.07 Å². The molecule has 5 heteroatoms. The number of nitrogens with zero attached hydrogens (tertiary/aromatic N) is 1. The fourth-order valence-electron chi connectivity index (χ4n) is 1.08. The van der Waals surface area contributed by atoms with E-state index >= 15 is 0 Å². The summed E-state index contributed by atoms with van der Waals surface area (Å²) < 4.78 is 0. The number of H-pyrrole nitrogens is 1. The van der Waals surface area contributed by atoms with Gasteiger partial charge in [-0.05, 0) is 12.3 Å². The average molecular weight is 210 g/mol. The maximum Gasteiger partial charge on any atom is 0.243 e. The molecule has 4 N–H and O–H groups in total. The largest absolute Gasteiger partial charge is 0.319 e. The van der Waals surface area contributed by atoms with Crippen LogP contribution < -0.4 is 11.1 Å². The molecular weight excluding hydrogens is 192 g/mol. The van der Waals surface area contributed by atoms with Crippen LogP contribution in [0.25, 0.3) is 0 Å². The Morgan fingerprint density at radius 1 is 1.60 bits per heavy atom. The Labute approximate surface area is 89.4 Å². The van der Waals surface area contributed by atoms with Crippen molar-refractivity contribution in [2.24, 2.45) is 11.1 Å². The fourth-order valence-corrected chi connectivity index (χ4v) is 1.08. The number of hydrogen-bond donors (Lipinski definition) is 3. The summed E-state index contributed by atoms with van der Waals surface area (Å²) in [5.74, 6) is 0.297. The first-order chi connectivity index (χ1) is 6.80. The first kappa shape index (κ1) is 11.7. The minimum Gasteiger partial charge on any atom is -0.319 e. The highest BCUT2D eigenvalue weighted by Crippen LogP contribution is 2.18. The van der Waals surface area contributed by atoms with Crippen molar-refractivity contribution in [1.29, 1.82) is 0 Å². The third-order valence-corrected chi connectivity index (χ3v) is 2.17. The molecule has 0 unspecified atom stereocenters. The van der Waals surface area contributed by atoms with E-state index in [0.29, 0.717) is 5.82 Å². The molecule has 0 aromatic carbocycles. The Hall–Kier alpha value is -1.36. The van der Waals surface area contributed by atoms with Crippen molar-refractivity contribution in [1.82, 2.24) is 10.2 Å². The summed E-state index contributed by atoms with van der Waals surface area (Å²) in [6.07, 6.45) is 0. The number of amides is 1. The van der Waals surface area contributed by atoms with Crippen LogP contribution in [0.2, 0.25) is 0 Å². The van der Waals surface area contributed by atoms with Gasteiger partial charge in [0.2, 0.25) is 5.91 Å². The Kier molecular flexibility index (Phi) is 3.14. The quantitative estimate of drug-likeness (QED) is 0.681. The average Bonchev–Trinajstić information content (AvgIpc) is 2.48. The van der Waals surface area contributed by atoms with E-state index in [1.54, 1.807) is 6.07 Å². The molecule has 0 saturated heterocycles. The highest BCUT2D eigenvalue weighted by Gasteiger charge is 2.27. The van der Waals surface area contributed by atoms with Crippen LogP contribution in [-0.4, -0.2) is 22.1 Å². The molecule has 84 valence electrons. The van der Waals surface area contributed by atoms with Crippen LogP contribution in [-0.2, 0) is 4.79 Å². The Balaban J connectivity index is 2.64. The molecule has 0 aliphatic carbocycles. The van der Waals surface area contributed by atoms with E-state index < -0.39 is 6.04 Å². The first-order valence-electron chi connectivity index (χ1n) is 4.89. The van der Waals surface area contributed by atoms with E-state index in [2.05, 4.69) is 15.5 Å². The Morgan fingerprint density at radius 3 is 2.60 bits per heavy atom. The van der Waals surface area contributed by atoms with Gasteiger partial charge in [-0.25, -0.2) is 0 Å². The van der Waals surface area contributed by atoms with Gasteiger partial charge in [-0.3, -0.25) is 9.89 Å². The second kappa shape index (κ2) is 4.02. The number of nitrogens with one attached hydrogen (secondary N) is 2. The molecule has 5 nitrogen and oxygen atoms in total. The standard InChI is InChI=1S/C10H18N4O/c1-6-5-7(14-13-6)12-9(15)8(11)10(2,3)4/h5,8H,11H2,1-4H3,(H2,12,13,14,15)/t8-/m1/s1. The molecule has 1 aromatic rings. The number of rotatable bonds is 2. The summed E-state index contributed by atoms with van der Waals surface area (Å²) in [5, 5.41) is 9.32. The molecule has 15 heavy (non-hydrogen) atoms. The molecule has 0 aliphatic rings. The molecule has 1 amide bonds. The SMILES string of the molecule is Cc1cc(NC(=O)[C@@H](N)C(C)(C)C)n[nH]1. The molecule has 1 aromatic heterocycles. The van der Waals surface area contributed by atoms with Gasteiger partial charge in [-0.1, -0.05) is 20.8 Å². The molecule has 1 atom stereocenters. The van der Waals surface area contributed by atoms with Gasteiger partial charge in [-0.15, -0.1) is 0 Å². The fraction of sp³-hybridized carbons (Fsp3) is 0.600. The van der Waals surface area contributed by atoms with Crippen molar-refractivity contribution >= 4 is 11.7 Å². The van der Waals surface area contributed by atoms with Gasteiger partial charge in [-0.2, -0.15) is 5.10 Å². The minimum absolute atomic E-state index is 0.214. The number of aryl methyl sites for hydroxylation is 1. The van der Waals surface area contributed by atoms with Gasteiger partial charge >= 0.3 is 0 Å². The molecule has 0 radical (unpaired) electrons.